The summed E-state index contributed by atoms with van der Waals surface area (Å²) in [6, 6.07) is 8.46. The molecule has 0 fully saturated rings. The number of alkyl halides is 3. The van der Waals surface area contributed by atoms with Crippen molar-refractivity contribution in [3.63, 3.8) is 0 Å². The van der Waals surface area contributed by atoms with E-state index in [2.05, 4.69) is 10.5 Å². The summed E-state index contributed by atoms with van der Waals surface area (Å²) in [6.07, 6.45) is -4.02. The van der Waals surface area contributed by atoms with Crippen molar-refractivity contribution in [3.8, 4) is 0 Å². The molecule has 23 heavy (non-hydrogen) atoms. The van der Waals surface area contributed by atoms with Crippen molar-refractivity contribution in [1.29, 1.82) is 0 Å². The van der Waals surface area contributed by atoms with Crippen molar-refractivity contribution in [1.82, 2.24) is 4.98 Å². The van der Waals surface area contributed by atoms with Gasteiger partial charge in [-0.25, -0.2) is 10.3 Å². The predicted octanol–water partition coefficient (Wildman–Crippen LogP) is 2.83. The first-order valence-electron chi connectivity index (χ1n) is 6.65. The monoisotopic (exact) mass is 325 g/mol. The van der Waals surface area contributed by atoms with Crippen molar-refractivity contribution >= 4 is 11.7 Å². The molecule has 0 aliphatic carbocycles. The Bertz CT molecular complexity index is 672. The van der Waals surface area contributed by atoms with Gasteiger partial charge in [-0.15, -0.1) is 0 Å². The number of carbonyl (C=O) groups is 1. The number of aromatic nitrogens is 1. The Morgan fingerprint density at radius 3 is 2.65 bits per heavy atom. The highest BCUT2D eigenvalue weighted by molar-refractivity contribution is 5.90. The molecule has 0 bridgehead atoms. The number of halogens is 3. The van der Waals surface area contributed by atoms with Crippen LogP contribution in [0.1, 0.15) is 21.6 Å². The van der Waals surface area contributed by atoms with E-state index in [1.165, 1.54) is 24.4 Å². The summed E-state index contributed by atoms with van der Waals surface area (Å²) >= 11 is 0. The van der Waals surface area contributed by atoms with Crippen LogP contribution in [0.4, 0.5) is 18.9 Å². The second kappa shape index (κ2) is 7.10. The van der Waals surface area contributed by atoms with Crippen LogP contribution in [0.3, 0.4) is 0 Å². The Labute approximate surface area is 130 Å². The lowest BCUT2D eigenvalue weighted by Crippen LogP contribution is -2.14. The van der Waals surface area contributed by atoms with E-state index in [0.29, 0.717) is 11.4 Å². The van der Waals surface area contributed by atoms with Crippen molar-refractivity contribution in [2.24, 2.45) is 5.73 Å². The van der Waals surface area contributed by atoms with Crippen LogP contribution < -0.4 is 11.2 Å². The van der Waals surface area contributed by atoms with Gasteiger partial charge in [-0.3, -0.25) is 4.98 Å². The zero-order chi connectivity index (χ0) is 16.9. The molecular formula is C15H14F3N3O2. The van der Waals surface area contributed by atoms with E-state index >= 15 is 0 Å². The van der Waals surface area contributed by atoms with Crippen LogP contribution in [0.15, 0.2) is 42.6 Å². The average Bonchev–Trinajstić information content (AvgIpc) is 2.51. The van der Waals surface area contributed by atoms with E-state index in [0.717, 1.165) is 6.07 Å². The lowest BCUT2D eigenvalue weighted by atomic mass is 10.1. The molecule has 3 N–H and O–H groups in total. The quantitative estimate of drug-likeness (QED) is 0.827. The van der Waals surface area contributed by atoms with Crippen molar-refractivity contribution in [3.05, 3.63) is 59.4 Å². The van der Waals surface area contributed by atoms with Gasteiger partial charge < -0.3 is 10.6 Å². The maximum absolute atomic E-state index is 12.4. The van der Waals surface area contributed by atoms with Gasteiger partial charge in [0.05, 0.1) is 29.6 Å². The molecule has 0 aliphatic heterocycles. The highest BCUT2D eigenvalue weighted by atomic mass is 19.4. The summed E-state index contributed by atoms with van der Waals surface area (Å²) in [5.41, 5.74) is 8.89. The molecule has 0 atom stereocenters. The molecular weight excluding hydrogens is 311 g/mol. The SMILES string of the molecule is NCc1ccc(NOC(=O)c2cccc(CC(F)(F)F)c2)cn1. The third kappa shape index (κ3) is 5.26. The standard InChI is InChI=1S/C15H14F3N3O2/c16-15(17,18)7-10-2-1-3-11(6-10)14(22)23-21-13-5-4-12(8-19)20-9-13/h1-6,9,21H,7-8,19H2. The number of benzene rings is 1. The molecule has 5 nitrogen and oxygen atoms in total. The van der Waals surface area contributed by atoms with E-state index in [4.69, 9.17) is 10.6 Å². The van der Waals surface area contributed by atoms with Gasteiger partial charge in [0.25, 0.3) is 0 Å². The van der Waals surface area contributed by atoms with Gasteiger partial charge in [-0.1, -0.05) is 12.1 Å². The predicted molar refractivity (Wildman–Crippen MR) is 77.4 cm³/mol. The minimum atomic E-state index is -4.34. The van der Waals surface area contributed by atoms with Crippen molar-refractivity contribution < 1.29 is 22.8 Å². The van der Waals surface area contributed by atoms with Crippen LogP contribution in [0.25, 0.3) is 0 Å². The molecule has 0 amide bonds. The third-order valence-corrected chi connectivity index (χ3v) is 2.86. The Morgan fingerprint density at radius 1 is 1.26 bits per heavy atom. The van der Waals surface area contributed by atoms with E-state index in [-0.39, 0.29) is 17.7 Å². The first-order valence-corrected chi connectivity index (χ1v) is 6.65. The number of hydrogen-bond donors (Lipinski definition) is 2. The molecule has 2 rings (SSSR count). The average molecular weight is 325 g/mol. The van der Waals surface area contributed by atoms with E-state index in [9.17, 15) is 18.0 Å². The number of nitrogens with zero attached hydrogens (tertiary/aromatic N) is 1. The Balaban J connectivity index is 1.98. The summed E-state index contributed by atoms with van der Waals surface area (Å²) in [5.74, 6) is -0.795. The highest BCUT2D eigenvalue weighted by Crippen LogP contribution is 2.22. The van der Waals surface area contributed by atoms with E-state index in [1.807, 2.05) is 0 Å². The minimum absolute atomic E-state index is 0.0130. The first kappa shape index (κ1) is 16.8. The van der Waals surface area contributed by atoms with Gasteiger partial charge in [-0.2, -0.15) is 13.2 Å². The number of nitrogens with two attached hydrogens (primary N) is 1. The van der Waals surface area contributed by atoms with Gasteiger partial charge in [0.2, 0.25) is 0 Å². The van der Waals surface area contributed by atoms with Crippen LogP contribution in [-0.4, -0.2) is 17.1 Å². The Morgan fingerprint density at radius 2 is 2.04 bits per heavy atom. The summed E-state index contributed by atoms with van der Waals surface area (Å²) in [6.45, 7) is 0.284. The number of pyridine rings is 1. The highest BCUT2D eigenvalue weighted by Gasteiger charge is 2.27. The minimum Gasteiger partial charge on any atom is -0.338 e. The molecule has 8 heteroatoms. The molecule has 0 unspecified atom stereocenters. The van der Waals surface area contributed by atoms with E-state index < -0.39 is 18.6 Å². The molecule has 0 saturated heterocycles. The summed E-state index contributed by atoms with van der Waals surface area (Å²) < 4.78 is 37.1. The second-order valence-corrected chi connectivity index (χ2v) is 4.73. The number of hydrogen-bond acceptors (Lipinski definition) is 5. The van der Waals surface area contributed by atoms with Crippen LogP contribution in [0.5, 0.6) is 0 Å². The van der Waals surface area contributed by atoms with Gasteiger partial charge >= 0.3 is 12.1 Å². The zero-order valence-corrected chi connectivity index (χ0v) is 11.9. The van der Waals surface area contributed by atoms with Crippen LogP contribution in [0, 0.1) is 0 Å². The maximum atomic E-state index is 12.4. The summed E-state index contributed by atoms with van der Waals surface area (Å²) in [5, 5.41) is 0. The van der Waals surface area contributed by atoms with Gasteiger partial charge in [0.15, 0.2) is 0 Å². The lowest BCUT2D eigenvalue weighted by molar-refractivity contribution is -0.127. The topological polar surface area (TPSA) is 77.2 Å². The number of anilines is 1. The molecule has 122 valence electrons. The Kier molecular flexibility index (Phi) is 5.17. The fraction of sp³-hybridized carbons (Fsp3) is 0.200. The number of nitrogens with one attached hydrogen (secondary N) is 1. The molecule has 0 saturated carbocycles. The number of rotatable bonds is 5. The largest absolute Gasteiger partial charge is 0.393 e. The molecule has 1 heterocycles. The normalized spacial score (nSPS) is 11.1. The molecule has 1 aromatic carbocycles. The summed E-state index contributed by atoms with van der Waals surface area (Å²) in [4.78, 5) is 20.7. The smallest absolute Gasteiger partial charge is 0.338 e. The lowest BCUT2D eigenvalue weighted by Gasteiger charge is -2.09. The molecule has 1 aromatic heterocycles. The van der Waals surface area contributed by atoms with E-state index in [1.54, 1.807) is 12.1 Å². The number of carbonyl (C=O) groups excluding carboxylic acids is 1. The van der Waals surface area contributed by atoms with Crippen molar-refractivity contribution in [2.75, 3.05) is 5.48 Å². The van der Waals surface area contributed by atoms with Gasteiger partial charge in [-0.05, 0) is 29.8 Å². The Hall–Kier alpha value is -2.61. The van der Waals surface area contributed by atoms with Gasteiger partial charge in [0.1, 0.15) is 0 Å². The van der Waals surface area contributed by atoms with Gasteiger partial charge in [0, 0.05) is 6.54 Å². The fourth-order valence-corrected chi connectivity index (χ4v) is 1.81. The molecule has 0 radical (unpaired) electrons. The van der Waals surface area contributed by atoms with Crippen LogP contribution in [0.2, 0.25) is 0 Å². The third-order valence-electron chi connectivity index (χ3n) is 2.86. The second-order valence-electron chi connectivity index (χ2n) is 4.73. The molecule has 2 aromatic rings. The molecule has 0 spiro atoms. The fourth-order valence-electron chi connectivity index (χ4n) is 1.81. The summed E-state index contributed by atoms with van der Waals surface area (Å²) in [7, 11) is 0. The molecule has 0 aliphatic rings. The zero-order valence-electron chi connectivity index (χ0n) is 11.9. The van der Waals surface area contributed by atoms with Crippen LogP contribution in [-0.2, 0) is 17.8 Å². The van der Waals surface area contributed by atoms with Crippen LogP contribution >= 0.6 is 0 Å². The van der Waals surface area contributed by atoms with Crippen molar-refractivity contribution in [2.45, 2.75) is 19.1 Å². The maximum Gasteiger partial charge on any atom is 0.393 e. The first-order chi connectivity index (χ1) is 10.9.